The molecule has 0 bridgehead atoms. The minimum Gasteiger partial charge on any atom is -0.504 e. The normalized spacial score (nSPS) is 15.5. The Morgan fingerprint density at radius 1 is 1.00 bits per heavy atom. The lowest BCUT2D eigenvalue weighted by Gasteiger charge is -2.24. The number of carbonyl (C=O) groups excluding carboxylic acids is 1. The van der Waals surface area contributed by atoms with Crippen LogP contribution in [0, 0.1) is 6.92 Å². The van der Waals surface area contributed by atoms with Crippen LogP contribution in [-0.4, -0.2) is 46.9 Å². The average molecular weight is 593 g/mol. The van der Waals surface area contributed by atoms with Crippen molar-refractivity contribution in [2.45, 2.75) is 68.9 Å². The van der Waals surface area contributed by atoms with Gasteiger partial charge in [0.05, 0.1) is 29.6 Å². The second kappa shape index (κ2) is 10.8. The molecule has 10 heteroatoms. The summed E-state index contributed by atoms with van der Waals surface area (Å²) in [5.41, 5.74) is 2.88. The monoisotopic (exact) mass is 592 g/mol. The number of carbonyl (C=O) groups is 1. The maximum Gasteiger partial charge on any atom is 0.297 e. The van der Waals surface area contributed by atoms with Gasteiger partial charge in [-0.15, -0.1) is 0 Å². The second-order valence-corrected chi connectivity index (χ2v) is 13.7. The molecule has 1 saturated carbocycles. The summed E-state index contributed by atoms with van der Waals surface area (Å²) in [4.78, 5) is 13.4. The number of rotatable bonds is 9. The van der Waals surface area contributed by atoms with Gasteiger partial charge in [0.15, 0.2) is 11.5 Å². The zero-order valence-electron chi connectivity index (χ0n) is 24.1. The van der Waals surface area contributed by atoms with Crippen LogP contribution in [0.4, 0.5) is 5.69 Å². The van der Waals surface area contributed by atoms with E-state index in [1.54, 1.807) is 24.3 Å². The van der Waals surface area contributed by atoms with E-state index in [0.717, 1.165) is 22.2 Å². The summed E-state index contributed by atoms with van der Waals surface area (Å²) >= 11 is 0. The summed E-state index contributed by atoms with van der Waals surface area (Å²) in [6.07, 6.45) is 0.169. The maximum absolute atomic E-state index is 13.3. The first kappa shape index (κ1) is 29.6. The molecule has 1 fully saturated rings. The number of nitrogens with zero attached hydrogens (tertiary/aromatic N) is 1. The Kier molecular flexibility index (Phi) is 7.59. The summed E-state index contributed by atoms with van der Waals surface area (Å²) in [6, 6.07) is 18.3. The Morgan fingerprint density at radius 3 is 2.31 bits per heavy atom. The number of fused-ring (bicyclic) bond motifs is 1. The largest absolute Gasteiger partial charge is 0.504 e. The third kappa shape index (κ3) is 5.88. The number of aryl methyl sites for hydroxylation is 1. The number of aliphatic hydroxyl groups is 1. The highest BCUT2D eigenvalue weighted by Crippen LogP contribution is 2.50. The summed E-state index contributed by atoms with van der Waals surface area (Å²) in [6.45, 7) is 7.72. The lowest BCUT2D eigenvalue weighted by atomic mass is 9.92. The molecule has 3 aromatic carbocycles. The first-order chi connectivity index (χ1) is 19.7. The highest BCUT2D eigenvalue weighted by atomic mass is 32.2. The Morgan fingerprint density at radius 2 is 1.69 bits per heavy atom. The number of amides is 1. The molecule has 1 heterocycles. The number of aromatic hydroxyl groups is 2. The maximum atomic E-state index is 13.3. The van der Waals surface area contributed by atoms with Crippen LogP contribution in [0.15, 0.2) is 71.6 Å². The number of benzene rings is 3. The van der Waals surface area contributed by atoms with E-state index in [0.29, 0.717) is 24.1 Å². The van der Waals surface area contributed by atoms with Gasteiger partial charge in [0.25, 0.3) is 10.1 Å². The topological polar surface area (TPSA) is 138 Å². The Hall–Kier alpha value is -3.86. The highest BCUT2D eigenvalue weighted by Gasteiger charge is 2.51. The van der Waals surface area contributed by atoms with Gasteiger partial charge in [0.2, 0.25) is 5.91 Å². The summed E-state index contributed by atoms with van der Waals surface area (Å²) < 4.78 is 32.4. The first-order valence-electron chi connectivity index (χ1n) is 13.8. The zero-order valence-corrected chi connectivity index (χ0v) is 24.9. The van der Waals surface area contributed by atoms with Gasteiger partial charge in [-0.25, -0.2) is 0 Å². The molecule has 5 rings (SSSR count). The number of aliphatic hydroxyl groups excluding tert-OH is 1. The van der Waals surface area contributed by atoms with Crippen molar-refractivity contribution in [2.75, 3.05) is 11.9 Å². The Balaban J connectivity index is 1.35. The minimum absolute atomic E-state index is 0.0341. The number of aromatic nitrogens is 1. The SMILES string of the molecule is Cc1ccc(S(=O)(=O)OC[C@H](O)Cn2c(C(C)(C)C)cc3cc(NC(=O)C4(c5ccc(O)c(O)c5)CC4)ccc32)cc1. The minimum atomic E-state index is -4.02. The van der Waals surface area contributed by atoms with Crippen molar-refractivity contribution in [2.24, 2.45) is 0 Å². The molecule has 0 saturated heterocycles. The Bertz CT molecular complexity index is 1750. The van der Waals surface area contributed by atoms with Crippen LogP contribution in [0.3, 0.4) is 0 Å². The van der Waals surface area contributed by atoms with Gasteiger partial charge in [-0.1, -0.05) is 44.5 Å². The van der Waals surface area contributed by atoms with E-state index in [2.05, 4.69) is 26.1 Å². The van der Waals surface area contributed by atoms with Crippen LogP contribution in [0.25, 0.3) is 10.9 Å². The third-order valence-corrected chi connectivity index (χ3v) is 9.05. The predicted molar refractivity (Wildman–Crippen MR) is 160 cm³/mol. The number of hydrogen-bond donors (Lipinski definition) is 4. The molecule has 1 aliphatic carbocycles. The highest BCUT2D eigenvalue weighted by molar-refractivity contribution is 7.86. The Labute approximate surface area is 245 Å². The molecule has 1 aromatic heterocycles. The van der Waals surface area contributed by atoms with Crippen molar-refractivity contribution >= 4 is 32.6 Å². The number of nitrogens with one attached hydrogen (secondary N) is 1. The van der Waals surface area contributed by atoms with E-state index in [1.807, 2.05) is 29.7 Å². The average Bonchev–Trinajstić information content (AvgIpc) is 3.66. The standard InChI is InChI=1S/C32H36N2O7S/c1-20-5-9-25(10-6-20)42(39,40)41-19-24(35)18-34-26-11-8-23(15-21(26)16-29(34)31(2,3)4)33-30(38)32(13-14-32)22-7-12-27(36)28(37)17-22/h5-12,15-17,24,35-37H,13-14,18-19H2,1-4H3,(H,33,38)/t24-/m1/s1. The molecule has 222 valence electrons. The van der Waals surface area contributed by atoms with Crippen molar-refractivity contribution in [1.29, 1.82) is 0 Å². The van der Waals surface area contributed by atoms with E-state index >= 15 is 0 Å². The van der Waals surface area contributed by atoms with Crippen LogP contribution < -0.4 is 5.32 Å². The molecular weight excluding hydrogens is 556 g/mol. The van der Waals surface area contributed by atoms with Gasteiger partial charge in [-0.05, 0) is 73.9 Å². The van der Waals surface area contributed by atoms with Crippen LogP contribution >= 0.6 is 0 Å². The molecule has 9 nitrogen and oxygen atoms in total. The third-order valence-electron chi connectivity index (χ3n) is 7.76. The fraction of sp³-hybridized carbons (Fsp3) is 0.344. The molecule has 4 N–H and O–H groups in total. The molecule has 0 radical (unpaired) electrons. The van der Waals surface area contributed by atoms with Crippen LogP contribution in [0.5, 0.6) is 11.5 Å². The van der Waals surface area contributed by atoms with Crippen molar-refractivity contribution in [1.82, 2.24) is 4.57 Å². The molecule has 1 atom stereocenters. The first-order valence-corrected chi connectivity index (χ1v) is 15.2. The molecule has 1 amide bonds. The number of phenolic OH excluding ortho intramolecular Hbond substituents is 2. The lowest BCUT2D eigenvalue weighted by molar-refractivity contribution is -0.118. The summed E-state index contributed by atoms with van der Waals surface area (Å²) in [5.74, 6) is -0.682. The van der Waals surface area contributed by atoms with E-state index in [1.165, 1.54) is 24.3 Å². The molecule has 42 heavy (non-hydrogen) atoms. The van der Waals surface area contributed by atoms with Crippen molar-refractivity contribution in [3.63, 3.8) is 0 Å². The quantitative estimate of drug-likeness (QED) is 0.157. The van der Waals surface area contributed by atoms with Gasteiger partial charge < -0.3 is 25.2 Å². The van der Waals surface area contributed by atoms with Gasteiger partial charge in [-0.2, -0.15) is 8.42 Å². The lowest BCUT2D eigenvalue weighted by Crippen LogP contribution is -2.27. The van der Waals surface area contributed by atoms with Gasteiger partial charge in [-0.3, -0.25) is 8.98 Å². The van der Waals surface area contributed by atoms with E-state index in [4.69, 9.17) is 4.18 Å². The van der Waals surface area contributed by atoms with Crippen molar-refractivity contribution < 1.29 is 32.7 Å². The summed E-state index contributed by atoms with van der Waals surface area (Å²) in [5, 5.41) is 34.3. The fourth-order valence-electron chi connectivity index (χ4n) is 5.21. The number of hydrogen-bond acceptors (Lipinski definition) is 7. The van der Waals surface area contributed by atoms with E-state index < -0.39 is 28.2 Å². The van der Waals surface area contributed by atoms with E-state index in [9.17, 15) is 28.5 Å². The predicted octanol–water partition coefficient (Wildman–Crippen LogP) is 5.10. The molecule has 0 aliphatic heterocycles. The van der Waals surface area contributed by atoms with Crippen molar-refractivity contribution in [3.05, 3.63) is 83.6 Å². The van der Waals surface area contributed by atoms with Crippen LogP contribution in [-0.2, 0) is 36.5 Å². The molecular formula is C32H36N2O7S. The number of anilines is 1. The van der Waals surface area contributed by atoms with Gasteiger partial charge in [0, 0.05) is 27.7 Å². The van der Waals surface area contributed by atoms with E-state index in [-0.39, 0.29) is 34.3 Å². The summed E-state index contributed by atoms with van der Waals surface area (Å²) in [7, 11) is -4.02. The smallest absolute Gasteiger partial charge is 0.297 e. The van der Waals surface area contributed by atoms with Crippen molar-refractivity contribution in [3.8, 4) is 11.5 Å². The van der Waals surface area contributed by atoms with Crippen LogP contribution in [0.1, 0.15) is 50.4 Å². The molecule has 0 spiro atoms. The molecule has 1 aliphatic rings. The van der Waals surface area contributed by atoms with Gasteiger partial charge >= 0.3 is 0 Å². The zero-order chi connectivity index (χ0) is 30.4. The second-order valence-electron chi connectivity index (χ2n) is 12.1. The molecule has 0 unspecified atom stereocenters. The number of phenols is 2. The molecule has 4 aromatic rings. The van der Waals surface area contributed by atoms with Gasteiger partial charge in [0.1, 0.15) is 0 Å². The fourth-order valence-corrected chi connectivity index (χ4v) is 6.16. The van der Waals surface area contributed by atoms with Crippen LogP contribution in [0.2, 0.25) is 0 Å².